The Bertz CT molecular complexity index is 388. The molecule has 0 atom stereocenters. The summed E-state index contributed by atoms with van der Waals surface area (Å²) < 4.78 is 0. The van der Waals surface area contributed by atoms with E-state index in [1.54, 1.807) is 17.0 Å². The van der Waals surface area contributed by atoms with Crippen LogP contribution in [0.3, 0.4) is 0 Å². The van der Waals surface area contributed by atoms with Gasteiger partial charge in [0.15, 0.2) is 10.8 Å². The average molecular weight is 256 g/mol. The Hall–Kier alpha value is -1.20. The van der Waals surface area contributed by atoms with Gasteiger partial charge in [-0.2, -0.15) is 0 Å². The van der Waals surface area contributed by atoms with Crippen LogP contribution < -0.4 is 0 Å². The molecule has 0 aliphatic carbocycles. The number of amides is 1. The highest BCUT2D eigenvalue weighted by Gasteiger charge is 2.23. The van der Waals surface area contributed by atoms with E-state index in [0.717, 1.165) is 12.8 Å². The van der Waals surface area contributed by atoms with E-state index in [1.807, 2.05) is 0 Å². The summed E-state index contributed by atoms with van der Waals surface area (Å²) in [5, 5.41) is 16.7. The number of hydrogen-bond acceptors (Lipinski definition) is 4. The summed E-state index contributed by atoms with van der Waals surface area (Å²) in [6, 6.07) is 3.14. The molecule has 2 rings (SSSR count). The summed E-state index contributed by atoms with van der Waals surface area (Å²) in [5.74, 6) is 0.195. The number of aliphatic hydroxyl groups excluding tert-OH is 1. The van der Waals surface area contributed by atoms with Crippen molar-refractivity contribution in [1.82, 2.24) is 15.1 Å². The third-order valence-corrected chi connectivity index (χ3v) is 3.21. The minimum absolute atomic E-state index is 0.120. The van der Waals surface area contributed by atoms with Gasteiger partial charge >= 0.3 is 0 Å². The largest absolute Gasteiger partial charge is 0.396 e. The predicted octanol–water partition coefficient (Wildman–Crippen LogP) is 0.974. The van der Waals surface area contributed by atoms with Crippen LogP contribution in [0, 0.1) is 5.92 Å². The van der Waals surface area contributed by atoms with Crippen molar-refractivity contribution in [3.05, 3.63) is 23.0 Å². The smallest absolute Gasteiger partial charge is 0.274 e. The predicted molar refractivity (Wildman–Crippen MR) is 62.8 cm³/mol. The lowest BCUT2D eigenvalue weighted by Gasteiger charge is -2.30. The fourth-order valence-corrected chi connectivity index (χ4v) is 2.01. The van der Waals surface area contributed by atoms with Crippen molar-refractivity contribution < 1.29 is 9.90 Å². The zero-order valence-corrected chi connectivity index (χ0v) is 10.1. The zero-order chi connectivity index (χ0) is 12.3. The Balaban J connectivity index is 1.99. The Morgan fingerprint density at radius 1 is 1.41 bits per heavy atom. The van der Waals surface area contributed by atoms with Crippen LogP contribution in [0.1, 0.15) is 23.3 Å². The number of piperidine rings is 1. The van der Waals surface area contributed by atoms with Crippen LogP contribution in [0.2, 0.25) is 5.15 Å². The Kier molecular flexibility index (Phi) is 3.91. The minimum Gasteiger partial charge on any atom is -0.396 e. The number of likely N-dealkylation sites (tertiary alicyclic amines) is 1. The van der Waals surface area contributed by atoms with Gasteiger partial charge in [0.1, 0.15) is 0 Å². The lowest BCUT2D eigenvalue weighted by molar-refractivity contribution is 0.0644. The molecule has 1 aliphatic heterocycles. The van der Waals surface area contributed by atoms with Crippen LogP contribution in [0.4, 0.5) is 0 Å². The first kappa shape index (κ1) is 12.3. The summed E-state index contributed by atoms with van der Waals surface area (Å²) in [6.45, 7) is 1.52. The quantitative estimate of drug-likeness (QED) is 0.855. The SMILES string of the molecule is O=C(c1ccc(Cl)nn1)N1CCC(CO)CC1. The van der Waals surface area contributed by atoms with Crippen LogP contribution >= 0.6 is 11.6 Å². The molecule has 1 aliphatic rings. The highest BCUT2D eigenvalue weighted by atomic mass is 35.5. The van der Waals surface area contributed by atoms with Gasteiger partial charge in [-0.1, -0.05) is 11.6 Å². The maximum Gasteiger partial charge on any atom is 0.274 e. The fourth-order valence-electron chi connectivity index (χ4n) is 1.91. The molecule has 0 aromatic carbocycles. The van der Waals surface area contributed by atoms with E-state index < -0.39 is 0 Å². The normalized spacial score (nSPS) is 17.2. The number of rotatable bonds is 2. The molecule has 1 fully saturated rings. The van der Waals surface area contributed by atoms with E-state index in [4.69, 9.17) is 16.7 Å². The molecule has 0 radical (unpaired) electrons. The van der Waals surface area contributed by atoms with Crippen molar-refractivity contribution >= 4 is 17.5 Å². The summed E-state index contributed by atoms with van der Waals surface area (Å²) in [4.78, 5) is 13.8. The number of aliphatic hydroxyl groups is 1. The van der Waals surface area contributed by atoms with Crippen LogP contribution in [0.15, 0.2) is 12.1 Å². The highest BCUT2D eigenvalue weighted by molar-refractivity contribution is 6.29. The standard InChI is InChI=1S/C11H14ClN3O2/c12-10-2-1-9(13-14-10)11(17)15-5-3-8(7-16)4-6-15/h1-2,8,16H,3-7H2. The van der Waals surface area contributed by atoms with E-state index in [0.29, 0.717) is 24.7 Å². The van der Waals surface area contributed by atoms with Crippen molar-refractivity contribution in [2.75, 3.05) is 19.7 Å². The Morgan fingerprint density at radius 3 is 2.65 bits per heavy atom. The molecule has 5 nitrogen and oxygen atoms in total. The molecule has 1 N–H and O–H groups in total. The molecule has 2 heterocycles. The van der Waals surface area contributed by atoms with Crippen molar-refractivity contribution in [2.45, 2.75) is 12.8 Å². The zero-order valence-electron chi connectivity index (χ0n) is 9.34. The Morgan fingerprint density at radius 2 is 2.12 bits per heavy atom. The maximum absolute atomic E-state index is 12.0. The molecule has 1 amide bonds. The molecule has 17 heavy (non-hydrogen) atoms. The topological polar surface area (TPSA) is 66.3 Å². The van der Waals surface area contributed by atoms with Gasteiger partial charge in [0, 0.05) is 19.7 Å². The average Bonchev–Trinajstić information content (AvgIpc) is 2.39. The first-order valence-corrected chi connectivity index (χ1v) is 5.98. The van der Waals surface area contributed by atoms with Gasteiger partial charge in [-0.15, -0.1) is 10.2 Å². The van der Waals surface area contributed by atoms with Gasteiger partial charge < -0.3 is 10.0 Å². The summed E-state index contributed by atoms with van der Waals surface area (Å²) >= 11 is 5.61. The second-order valence-electron chi connectivity index (χ2n) is 4.16. The molecule has 1 aromatic heterocycles. The lowest BCUT2D eigenvalue weighted by Crippen LogP contribution is -2.39. The summed E-state index contributed by atoms with van der Waals surface area (Å²) in [6.07, 6.45) is 1.67. The van der Waals surface area contributed by atoms with Gasteiger partial charge in [-0.25, -0.2) is 0 Å². The molecular weight excluding hydrogens is 242 g/mol. The maximum atomic E-state index is 12.0. The highest BCUT2D eigenvalue weighted by Crippen LogP contribution is 2.17. The number of aromatic nitrogens is 2. The van der Waals surface area contributed by atoms with E-state index in [-0.39, 0.29) is 17.7 Å². The van der Waals surface area contributed by atoms with E-state index in [1.165, 1.54) is 0 Å². The molecule has 1 aromatic rings. The molecular formula is C11H14ClN3O2. The van der Waals surface area contributed by atoms with Crippen LogP contribution in [-0.4, -0.2) is 45.8 Å². The van der Waals surface area contributed by atoms with E-state index in [9.17, 15) is 4.79 Å². The van der Waals surface area contributed by atoms with Gasteiger partial charge in [-0.3, -0.25) is 4.79 Å². The molecule has 0 spiro atoms. The van der Waals surface area contributed by atoms with Gasteiger partial charge in [0.05, 0.1) is 0 Å². The molecule has 0 bridgehead atoms. The first-order chi connectivity index (χ1) is 8.20. The van der Waals surface area contributed by atoms with E-state index in [2.05, 4.69) is 10.2 Å². The Labute approximate surface area is 104 Å². The number of carbonyl (C=O) groups is 1. The number of nitrogens with zero attached hydrogens (tertiary/aromatic N) is 3. The van der Waals surface area contributed by atoms with Gasteiger partial charge in [-0.05, 0) is 30.9 Å². The monoisotopic (exact) mass is 255 g/mol. The number of carbonyl (C=O) groups excluding carboxylic acids is 1. The molecule has 0 unspecified atom stereocenters. The molecule has 92 valence electrons. The van der Waals surface area contributed by atoms with Crippen LogP contribution in [0.5, 0.6) is 0 Å². The van der Waals surface area contributed by atoms with E-state index >= 15 is 0 Å². The second kappa shape index (κ2) is 5.42. The summed E-state index contributed by atoms with van der Waals surface area (Å²) in [5.41, 5.74) is 0.317. The third kappa shape index (κ3) is 2.92. The lowest BCUT2D eigenvalue weighted by atomic mass is 9.98. The van der Waals surface area contributed by atoms with Crippen LogP contribution in [0.25, 0.3) is 0 Å². The van der Waals surface area contributed by atoms with Crippen molar-refractivity contribution in [3.8, 4) is 0 Å². The van der Waals surface area contributed by atoms with Crippen molar-refractivity contribution in [3.63, 3.8) is 0 Å². The van der Waals surface area contributed by atoms with Crippen LogP contribution in [-0.2, 0) is 0 Å². The fraction of sp³-hybridized carbons (Fsp3) is 0.545. The molecule has 0 saturated carbocycles. The first-order valence-electron chi connectivity index (χ1n) is 5.60. The summed E-state index contributed by atoms with van der Waals surface area (Å²) in [7, 11) is 0. The third-order valence-electron chi connectivity index (χ3n) is 3.01. The minimum atomic E-state index is -0.120. The molecule has 6 heteroatoms. The molecule has 1 saturated heterocycles. The number of hydrogen-bond donors (Lipinski definition) is 1. The van der Waals surface area contributed by atoms with Gasteiger partial charge in [0.2, 0.25) is 0 Å². The van der Waals surface area contributed by atoms with Crippen molar-refractivity contribution in [2.24, 2.45) is 5.92 Å². The van der Waals surface area contributed by atoms with Crippen molar-refractivity contribution in [1.29, 1.82) is 0 Å². The second-order valence-corrected chi connectivity index (χ2v) is 4.55. The number of halogens is 1. The van der Waals surface area contributed by atoms with Gasteiger partial charge in [0.25, 0.3) is 5.91 Å².